The molecule has 2 atom stereocenters. The van der Waals surface area contributed by atoms with E-state index in [1.54, 1.807) is 0 Å². The summed E-state index contributed by atoms with van der Waals surface area (Å²) in [5.74, 6) is 0. The second-order valence-electron chi connectivity index (χ2n) is 4.89. The van der Waals surface area contributed by atoms with Gasteiger partial charge in [-0.05, 0) is 38.3 Å². The molecule has 2 fully saturated rings. The van der Waals surface area contributed by atoms with E-state index >= 15 is 0 Å². The van der Waals surface area contributed by atoms with Crippen LogP contribution in [0.5, 0.6) is 0 Å². The highest BCUT2D eigenvalue weighted by Crippen LogP contribution is 2.44. The van der Waals surface area contributed by atoms with Crippen molar-refractivity contribution in [2.75, 3.05) is 20.6 Å². The van der Waals surface area contributed by atoms with Gasteiger partial charge in [0.1, 0.15) is 0 Å². The minimum absolute atomic E-state index is 0.586. The van der Waals surface area contributed by atoms with Crippen LogP contribution in [0, 0.1) is 5.41 Å². The van der Waals surface area contributed by atoms with Gasteiger partial charge in [0.25, 0.3) is 0 Å². The molecule has 1 unspecified atom stereocenters. The highest BCUT2D eigenvalue weighted by Gasteiger charge is 2.44. The lowest BCUT2D eigenvalue weighted by atomic mass is 9.71. The fraction of sp³-hybridized carbons (Fsp3) is 0.909. The number of nitrogens with zero attached hydrogens (tertiary/aromatic N) is 2. The Morgan fingerprint density at radius 1 is 1.46 bits per heavy atom. The largest absolute Gasteiger partial charge is 0.302 e. The Morgan fingerprint density at radius 3 is 2.92 bits per heavy atom. The number of fused-ring (bicyclic) bond motifs is 1. The Hall–Kier alpha value is -0.370. The van der Waals surface area contributed by atoms with Gasteiger partial charge >= 0.3 is 0 Å². The van der Waals surface area contributed by atoms with E-state index in [0.717, 1.165) is 6.04 Å². The SMILES string of the molecule is CN=C1CC[C@@]2(C)CCN(C)C2C1. The Kier molecular flexibility index (Phi) is 2.18. The van der Waals surface area contributed by atoms with Crippen LogP contribution in [0.2, 0.25) is 0 Å². The van der Waals surface area contributed by atoms with Gasteiger partial charge in [-0.25, -0.2) is 0 Å². The Balaban J connectivity index is 2.17. The number of hydrogen-bond donors (Lipinski definition) is 0. The van der Waals surface area contributed by atoms with Gasteiger partial charge in [-0.2, -0.15) is 0 Å². The molecule has 0 aromatic rings. The van der Waals surface area contributed by atoms with Gasteiger partial charge in [-0.15, -0.1) is 0 Å². The lowest BCUT2D eigenvalue weighted by Gasteiger charge is -2.38. The third kappa shape index (κ3) is 1.41. The van der Waals surface area contributed by atoms with Crippen LogP contribution in [-0.4, -0.2) is 37.3 Å². The lowest BCUT2D eigenvalue weighted by molar-refractivity contribution is 0.176. The normalized spacial score (nSPS) is 43.9. The van der Waals surface area contributed by atoms with E-state index in [9.17, 15) is 0 Å². The minimum atomic E-state index is 0.586. The zero-order valence-electron chi connectivity index (χ0n) is 9.01. The minimum Gasteiger partial charge on any atom is -0.302 e. The molecule has 0 N–H and O–H groups in total. The summed E-state index contributed by atoms with van der Waals surface area (Å²) in [6, 6.07) is 0.764. The van der Waals surface area contributed by atoms with Gasteiger partial charge in [-0.1, -0.05) is 6.92 Å². The maximum Gasteiger partial charge on any atom is 0.0276 e. The Labute approximate surface area is 81.0 Å². The highest BCUT2D eigenvalue weighted by molar-refractivity contribution is 5.86. The molecule has 2 aliphatic rings. The molecule has 0 amide bonds. The lowest BCUT2D eigenvalue weighted by Crippen LogP contribution is -2.41. The third-order valence-electron chi connectivity index (χ3n) is 4.10. The summed E-state index contributed by atoms with van der Waals surface area (Å²) in [5.41, 5.74) is 2.01. The molecule has 74 valence electrons. The van der Waals surface area contributed by atoms with Crippen LogP contribution in [0.4, 0.5) is 0 Å². The summed E-state index contributed by atoms with van der Waals surface area (Å²) in [7, 11) is 4.20. The molecule has 1 saturated heterocycles. The zero-order valence-corrected chi connectivity index (χ0v) is 9.01. The van der Waals surface area contributed by atoms with Crippen LogP contribution in [0.15, 0.2) is 4.99 Å². The summed E-state index contributed by atoms with van der Waals surface area (Å²) >= 11 is 0. The molecular formula is C11H20N2. The molecule has 2 rings (SSSR count). The molecule has 1 aliphatic carbocycles. The van der Waals surface area contributed by atoms with E-state index in [1.807, 2.05) is 7.05 Å². The first-order chi connectivity index (χ1) is 6.15. The second-order valence-corrected chi connectivity index (χ2v) is 4.89. The first kappa shape index (κ1) is 9.20. The number of likely N-dealkylation sites (tertiary alicyclic amines) is 1. The molecule has 1 aliphatic heterocycles. The van der Waals surface area contributed by atoms with Crippen molar-refractivity contribution in [1.82, 2.24) is 4.90 Å². The molecule has 13 heavy (non-hydrogen) atoms. The van der Waals surface area contributed by atoms with E-state index in [1.165, 1.54) is 37.9 Å². The maximum absolute atomic E-state index is 4.36. The summed E-state index contributed by atoms with van der Waals surface area (Å²) in [5, 5.41) is 0. The molecule has 0 aromatic carbocycles. The van der Waals surface area contributed by atoms with Crippen LogP contribution < -0.4 is 0 Å². The Morgan fingerprint density at radius 2 is 2.23 bits per heavy atom. The average Bonchev–Trinajstić information content (AvgIpc) is 2.43. The smallest absolute Gasteiger partial charge is 0.0276 e. The van der Waals surface area contributed by atoms with Crippen LogP contribution in [-0.2, 0) is 0 Å². The van der Waals surface area contributed by atoms with Crippen LogP contribution in [0.3, 0.4) is 0 Å². The molecule has 0 bridgehead atoms. The van der Waals surface area contributed by atoms with Crippen molar-refractivity contribution in [1.29, 1.82) is 0 Å². The summed E-state index contributed by atoms with van der Waals surface area (Å²) in [6.07, 6.45) is 5.17. The first-order valence-corrected chi connectivity index (χ1v) is 5.30. The van der Waals surface area contributed by atoms with Crippen LogP contribution >= 0.6 is 0 Å². The molecular weight excluding hydrogens is 160 g/mol. The third-order valence-corrected chi connectivity index (χ3v) is 4.10. The molecule has 0 spiro atoms. The fourth-order valence-electron chi connectivity index (χ4n) is 2.94. The van der Waals surface area contributed by atoms with Crippen LogP contribution in [0.25, 0.3) is 0 Å². The highest BCUT2D eigenvalue weighted by atomic mass is 15.2. The summed E-state index contributed by atoms with van der Waals surface area (Å²) < 4.78 is 0. The second kappa shape index (κ2) is 3.09. The van der Waals surface area contributed by atoms with E-state index in [0.29, 0.717) is 5.41 Å². The first-order valence-electron chi connectivity index (χ1n) is 5.30. The quantitative estimate of drug-likeness (QED) is 0.556. The van der Waals surface area contributed by atoms with E-state index in [4.69, 9.17) is 0 Å². The van der Waals surface area contributed by atoms with Gasteiger partial charge in [-0.3, -0.25) is 4.99 Å². The predicted octanol–water partition coefficient (Wildman–Crippen LogP) is 1.95. The van der Waals surface area contributed by atoms with Gasteiger partial charge in [0.05, 0.1) is 0 Å². The van der Waals surface area contributed by atoms with Gasteiger partial charge < -0.3 is 4.90 Å². The molecule has 1 saturated carbocycles. The van der Waals surface area contributed by atoms with Gasteiger partial charge in [0.2, 0.25) is 0 Å². The van der Waals surface area contributed by atoms with Gasteiger partial charge in [0, 0.05) is 25.2 Å². The number of aliphatic imine (C=N–C) groups is 1. The summed E-state index contributed by atoms with van der Waals surface area (Å²) in [4.78, 5) is 6.88. The predicted molar refractivity (Wildman–Crippen MR) is 56.4 cm³/mol. The average molecular weight is 180 g/mol. The van der Waals surface area contributed by atoms with Crippen LogP contribution in [0.1, 0.15) is 32.6 Å². The van der Waals surface area contributed by atoms with E-state index < -0.39 is 0 Å². The number of hydrogen-bond acceptors (Lipinski definition) is 2. The fourth-order valence-corrected chi connectivity index (χ4v) is 2.94. The van der Waals surface area contributed by atoms with Crippen molar-refractivity contribution in [2.24, 2.45) is 10.4 Å². The molecule has 0 radical (unpaired) electrons. The Bertz CT molecular complexity index is 234. The topological polar surface area (TPSA) is 15.6 Å². The monoisotopic (exact) mass is 180 g/mol. The van der Waals surface area contributed by atoms with Crippen molar-refractivity contribution < 1.29 is 0 Å². The molecule has 0 aromatic heterocycles. The maximum atomic E-state index is 4.36. The molecule has 2 nitrogen and oxygen atoms in total. The van der Waals surface area contributed by atoms with Crippen molar-refractivity contribution in [3.05, 3.63) is 0 Å². The standard InChI is InChI=1S/C11H20N2/c1-11-5-4-9(12-2)8-10(11)13(3)7-6-11/h10H,4-8H2,1-3H3/t10?,11-/m0/s1. The van der Waals surface area contributed by atoms with Crippen molar-refractivity contribution in [2.45, 2.75) is 38.6 Å². The zero-order chi connectivity index (χ0) is 9.47. The number of rotatable bonds is 0. The van der Waals surface area contributed by atoms with Crippen molar-refractivity contribution >= 4 is 5.71 Å². The molecule has 1 heterocycles. The van der Waals surface area contributed by atoms with E-state index in [-0.39, 0.29) is 0 Å². The van der Waals surface area contributed by atoms with Gasteiger partial charge in [0.15, 0.2) is 0 Å². The van der Waals surface area contributed by atoms with E-state index in [2.05, 4.69) is 23.9 Å². The van der Waals surface area contributed by atoms with Crippen molar-refractivity contribution in [3.8, 4) is 0 Å². The summed E-state index contributed by atoms with van der Waals surface area (Å²) in [6.45, 7) is 3.73. The van der Waals surface area contributed by atoms with Crippen molar-refractivity contribution in [3.63, 3.8) is 0 Å². The molecule has 2 heteroatoms.